The highest BCUT2D eigenvalue weighted by Crippen LogP contribution is 2.35. The second kappa shape index (κ2) is 5.79. The summed E-state index contributed by atoms with van der Waals surface area (Å²) in [5, 5.41) is 3.08. The lowest BCUT2D eigenvalue weighted by molar-refractivity contribution is -0.137. The van der Waals surface area contributed by atoms with Crippen LogP contribution in [-0.2, 0) is 6.18 Å². The Morgan fingerprint density at radius 3 is 2.40 bits per heavy atom. The van der Waals surface area contributed by atoms with Gasteiger partial charge in [-0.05, 0) is 40.2 Å². The molecule has 1 aromatic carbocycles. The molecule has 0 fully saturated rings. The fourth-order valence-electron chi connectivity index (χ4n) is 1.43. The minimum Gasteiger partial charge on any atom is -0.338 e. The second-order valence-corrected chi connectivity index (χ2v) is 5.53. The third kappa shape index (κ3) is 3.56. The highest BCUT2D eigenvalue weighted by Gasteiger charge is 2.31. The molecule has 0 bridgehead atoms. The molecule has 0 unspecified atom stereocenters. The Morgan fingerprint density at radius 2 is 1.80 bits per heavy atom. The number of alkyl halides is 3. The van der Waals surface area contributed by atoms with Crippen LogP contribution in [0.2, 0.25) is 10.0 Å². The van der Waals surface area contributed by atoms with Gasteiger partial charge in [0.05, 0.1) is 21.3 Å². The molecule has 2 rings (SSSR count). The molecule has 1 aromatic heterocycles. The van der Waals surface area contributed by atoms with Crippen molar-refractivity contribution in [2.45, 2.75) is 6.18 Å². The summed E-state index contributed by atoms with van der Waals surface area (Å²) in [7, 11) is 0. The number of halogens is 6. The van der Waals surface area contributed by atoms with Gasteiger partial charge in [-0.15, -0.1) is 0 Å². The zero-order valence-electron chi connectivity index (χ0n) is 9.60. The summed E-state index contributed by atoms with van der Waals surface area (Å²) in [6.07, 6.45) is -2.98. The number of rotatable bonds is 2. The lowest BCUT2D eigenvalue weighted by Crippen LogP contribution is -2.06. The highest BCUT2D eigenvalue weighted by atomic mass is 79.9. The summed E-state index contributed by atoms with van der Waals surface area (Å²) in [5.41, 5.74) is -0.726. The van der Waals surface area contributed by atoms with E-state index in [-0.39, 0.29) is 21.6 Å². The number of nitrogens with one attached hydrogen (secondary N) is 1. The molecule has 2 aromatic rings. The summed E-state index contributed by atoms with van der Waals surface area (Å²) >= 11 is 15.0. The minimum atomic E-state index is -4.45. The Bertz CT molecular complexity index is 647. The van der Waals surface area contributed by atoms with Gasteiger partial charge in [-0.3, -0.25) is 0 Å². The van der Waals surface area contributed by atoms with E-state index in [4.69, 9.17) is 23.2 Å². The molecule has 0 spiro atoms. The number of anilines is 2. The molecule has 106 valence electrons. The van der Waals surface area contributed by atoms with Gasteiger partial charge in [0.25, 0.3) is 0 Å². The first-order valence-electron chi connectivity index (χ1n) is 5.22. The maximum Gasteiger partial charge on any atom is 0.416 e. The van der Waals surface area contributed by atoms with E-state index < -0.39 is 11.7 Å². The number of aromatic nitrogens is 1. The summed E-state index contributed by atoms with van der Waals surface area (Å²) in [6, 6.07) is 4.55. The number of hydrogen-bond donors (Lipinski definition) is 1. The lowest BCUT2D eigenvalue weighted by atomic mass is 10.2. The van der Waals surface area contributed by atoms with Crippen LogP contribution in [0.15, 0.2) is 34.9 Å². The van der Waals surface area contributed by atoms with Gasteiger partial charge in [0, 0.05) is 10.7 Å². The van der Waals surface area contributed by atoms with E-state index in [0.717, 1.165) is 12.1 Å². The van der Waals surface area contributed by atoms with E-state index in [1.807, 2.05) is 0 Å². The molecule has 8 heteroatoms. The van der Waals surface area contributed by atoms with E-state index >= 15 is 0 Å². The molecule has 0 radical (unpaired) electrons. The van der Waals surface area contributed by atoms with E-state index in [1.54, 1.807) is 6.07 Å². The Kier molecular flexibility index (Phi) is 4.46. The topological polar surface area (TPSA) is 24.9 Å². The van der Waals surface area contributed by atoms with E-state index in [9.17, 15) is 13.2 Å². The fraction of sp³-hybridized carbons (Fsp3) is 0.0833. The first-order valence-corrected chi connectivity index (χ1v) is 6.77. The van der Waals surface area contributed by atoms with Crippen molar-refractivity contribution in [3.05, 3.63) is 50.5 Å². The molecule has 1 heterocycles. The van der Waals surface area contributed by atoms with Crippen LogP contribution >= 0.6 is 39.1 Å². The average Bonchev–Trinajstić information content (AvgIpc) is 2.33. The van der Waals surface area contributed by atoms with Crippen LogP contribution in [0.3, 0.4) is 0 Å². The van der Waals surface area contributed by atoms with Gasteiger partial charge in [0.2, 0.25) is 0 Å². The van der Waals surface area contributed by atoms with Crippen LogP contribution in [0.4, 0.5) is 24.7 Å². The molecule has 0 aliphatic rings. The van der Waals surface area contributed by atoms with Gasteiger partial charge in [0.1, 0.15) is 5.82 Å². The predicted molar refractivity (Wildman–Crippen MR) is 76.7 cm³/mol. The Labute approximate surface area is 131 Å². The van der Waals surface area contributed by atoms with Gasteiger partial charge in [-0.2, -0.15) is 13.2 Å². The number of hydrogen-bond acceptors (Lipinski definition) is 2. The Balaban J connectivity index is 2.38. The smallest absolute Gasteiger partial charge is 0.338 e. The standard InChI is InChI=1S/C12H6BrCl2F3N2/c13-7-4-9(15)11(19-5-7)20-10-3-6(12(16,17)18)1-2-8(10)14/h1-5H,(H,19,20). The van der Waals surface area contributed by atoms with Gasteiger partial charge in [-0.25, -0.2) is 4.98 Å². The average molecular weight is 386 g/mol. The first kappa shape index (κ1) is 15.4. The minimum absolute atomic E-state index is 0.0817. The second-order valence-electron chi connectivity index (χ2n) is 3.80. The molecule has 0 saturated heterocycles. The largest absolute Gasteiger partial charge is 0.416 e. The molecule has 2 nitrogen and oxygen atoms in total. The Morgan fingerprint density at radius 1 is 1.10 bits per heavy atom. The maximum atomic E-state index is 12.7. The van der Waals surface area contributed by atoms with Crippen molar-refractivity contribution >= 4 is 50.6 Å². The van der Waals surface area contributed by atoms with Crippen molar-refractivity contribution in [3.8, 4) is 0 Å². The van der Waals surface area contributed by atoms with E-state index in [2.05, 4.69) is 26.2 Å². The van der Waals surface area contributed by atoms with Crippen LogP contribution in [-0.4, -0.2) is 4.98 Å². The van der Waals surface area contributed by atoms with Crippen LogP contribution in [0, 0.1) is 0 Å². The molecule has 20 heavy (non-hydrogen) atoms. The fourth-order valence-corrected chi connectivity index (χ4v) is 2.27. The van der Waals surface area contributed by atoms with Crippen molar-refractivity contribution in [2.24, 2.45) is 0 Å². The monoisotopic (exact) mass is 384 g/mol. The number of benzene rings is 1. The first-order chi connectivity index (χ1) is 9.27. The molecule has 0 aliphatic heterocycles. The van der Waals surface area contributed by atoms with Crippen molar-refractivity contribution in [1.29, 1.82) is 0 Å². The molecule has 0 saturated carbocycles. The zero-order chi connectivity index (χ0) is 14.9. The van der Waals surface area contributed by atoms with Crippen molar-refractivity contribution in [2.75, 3.05) is 5.32 Å². The van der Waals surface area contributed by atoms with Crippen LogP contribution in [0.5, 0.6) is 0 Å². The zero-order valence-corrected chi connectivity index (χ0v) is 12.7. The van der Waals surface area contributed by atoms with Crippen molar-refractivity contribution < 1.29 is 13.2 Å². The van der Waals surface area contributed by atoms with Crippen molar-refractivity contribution in [3.63, 3.8) is 0 Å². The highest BCUT2D eigenvalue weighted by molar-refractivity contribution is 9.10. The van der Waals surface area contributed by atoms with Gasteiger partial charge < -0.3 is 5.32 Å². The van der Waals surface area contributed by atoms with Gasteiger partial charge in [-0.1, -0.05) is 23.2 Å². The van der Waals surface area contributed by atoms with Crippen LogP contribution in [0.1, 0.15) is 5.56 Å². The summed E-state index contributed by atoms with van der Waals surface area (Å²) < 4.78 is 38.6. The quantitative estimate of drug-likeness (QED) is 0.694. The predicted octanol–water partition coefficient (Wildman–Crippen LogP) is 5.91. The molecular weight excluding hydrogens is 380 g/mol. The van der Waals surface area contributed by atoms with Gasteiger partial charge >= 0.3 is 6.18 Å². The summed E-state index contributed by atoms with van der Waals surface area (Å²) in [4.78, 5) is 3.98. The SMILES string of the molecule is FC(F)(F)c1ccc(Cl)c(Nc2ncc(Br)cc2Cl)c1. The summed E-state index contributed by atoms with van der Waals surface area (Å²) in [5.74, 6) is 0.219. The van der Waals surface area contributed by atoms with Crippen LogP contribution in [0.25, 0.3) is 0 Å². The van der Waals surface area contributed by atoms with E-state index in [1.165, 1.54) is 12.3 Å². The van der Waals surface area contributed by atoms with E-state index in [0.29, 0.717) is 4.47 Å². The van der Waals surface area contributed by atoms with Crippen molar-refractivity contribution in [1.82, 2.24) is 4.98 Å². The lowest BCUT2D eigenvalue weighted by Gasteiger charge is -2.12. The molecule has 1 N–H and O–H groups in total. The molecular formula is C12H6BrCl2F3N2. The Hall–Kier alpha value is -0.980. The molecule has 0 atom stereocenters. The summed E-state index contributed by atoms with van der Waals surface area (Å²) in [6.45, 7) is 0. The molecule has 0 amide bonds. The van der Waals surface area contributed by atoms with Crippen LogP contribution < -0.4 is 5.32 Å². The normalized spacial score (nSPS) is 11.5. The van der Waals surface area contributed by atoms with Gasteiger partial charge in [0.15, 0.2) is 0 Å². The maximum absolute atomic E-state index is 12.7. The third-order valence-corrected chi connectivity index (χ3v) is 3.41. The molecule has 0 aliphatic carbocycles. The number of pyridine rings is 1. The third-order valence-electron chi connectivity index (χ3n) is 2.35. The number of nitrogens with zero attached hydrogens (tertiary/aromatic N) is 1.